The van der Waals surface area contributed by atoms with Gasteiger partial charge in [0.15, 0.2) is 0 Å². The molecule has 5 nitrogen and oxygen atoms in total. The molecule has 0 spiro atoms. The van der Waals surface area contributed by atoms with E-state index in [0.29, 0.717) is 25.9 Å². The van der Waals surface area contributed by atoms with E-state index in [9.17, 15) is 9.90 Å². The Hall–Kier alpha value is -1.76. The quantitative estimate of drug-likeness (QED) is 0.908. The minimum atomic E-state index is -0.639. The molecular weight excluding hydrogens is 334 g/mol. The van der Waals surface area contributed by atoms with Gasteiger partial charge in [0, 0.05) is 18.5 Å². The molecule has 25 heavy (non-hydrogen) atoms. The van der Waals surface area contributed by atoms with Gasteiger partial charge in [0.25, 0.3) is 0 Å². The lowest BCUT2D eigenvalue weighted by molar-refractivity contribution is -0.140. The maximum atomic E-state index is 12.6. The van der Waals surface area contributed by atoms with Crippen LogP contribution in [0.2, 0.25) is 0 Å². The van der Waals surface area contributed by atoms with E-state index < -0.39 is 11.6 Å². The molecule has 0 saturated carbocycles. The summed E-state index contributed by atoms with van der Waals surface area (Å²) >= 11 is 1.56. The highest BCUT2D eigenvalue weighted by atomic mass is 32.1. The van der Waals surface area contributed by atoms with E-state index in [0.717, 1.165) is 16.3 Å². The number of aliphatic hydroxyl groups is 1. The van der Waals surface area contributed by atoms with Crippen molar-refractivity contribution < 1.29 is 9.90 Å². The number of β-amino-alcohol motifs (C(OH)–C–C–N with tert-alkyl or cyclic N) is 1. The lowest BCUT2D eigenvalue weighted by atomic mass is 9.77. The maximum absolute atomic E-state index is 12.6. The third-order valence-corrected chi connectivity index (χ3v) is 5.95. The molecule has 1 N–H and O–H groups in total. The number of hydrogen-bond acceptors (Lipinski definition) is 5. The monoisotopic (exact) mass is 359 g/mol. The zero-order chi connectivity index (χ0) is 18.0. The normalized spacial score (nSPS) is 23.9. The molecule has 0 radical (unpaired) electrons. The molecule has 1 aromatic carbocycles. The molecule has 3 rings (SSSR count). The van der Waals surface area contributed by atoms with Crippen molar-refractivity contribution in [3.8, 4) is 0 Å². The summed E-state index contributed by atoms with van der Waals surface area (Å²) in [5.74, 6) is 0.0322. The van der Waals surface area contributed by atoms with Crippen LogP contribution in [0.25, 0.3) is 0 Å². The Balaban J connectivity index is 1.75. The van der Waals surface area contributed by atoms with Crippen LogP contribution in [0.1, 0.15) is 22.7 Å². The van der Waals surface area contributed by atoms with Gasteiger partial charge in [-0.3, -0.25) is 9.69 Å². The van der Waals surface area contributed by atoms with Gasteiger partial charge < -0.3 is 10.0 Å². The van der Waals surface area contributed by atoms with Gasteiger partial charge in [-0.15, -0.1) is 11.3 Å². The SMILES string of the molecule is Cc1nc(CC(=O)N2CC[C@@](c3ccccc3)(N(C)C)[C@H](O)C2)cs1. The Morgan fingerprint density at radius 3 is 2.68 bits per heavy atom. The van der Waals surface area contributed by atoms with E-state index >= 15 is 0 Å². The zero-order valence-corrected chi connectivity index (χ0v) is 15.8. The fourth-order valence-electron chi connectivity index (χ4n) is 3.75. The van der Waals surface area contributed by atoms with Crippen molar-refractivity contribution in [2.24, 2.45) is 0 Å². The van der Waals surface area contributed by atoms with Crippen LogP contribution in [-0.2, 0) is 16.8 Å². The highest BCUT2D eigenvalue weighted by Gasteiger charge is 2.46. The van der Waals surface area contributed by atoms with E-state index in [1.54, 1.807) is 16.2 Å². The number of hydrogen-bond donors (Lipinski definition) is 1. The van der Waals surface area contributed by atoms with Crippen LogP contribution in [0.15, 0.2) is 35.7 Å². The fourth-order valence-corrected chi connectivity index (χ4v) is 4.36. The molecule has 1 aromatic heterocycles. The van der Waals surface area contributed by atoms with E-state index in [-0.39, 0.29) is 5.91 Å². The van der Waals surface area contributed by atoms with Crippen LogP contribution in [0, 0.1) is 6.92 Å². The average molecular weight is 359 g/mol. The van der Waals surface area contributed by atoms with Crippen molar-refractivity contribution in [3.63, 3.8) is 0 Å². The van der Waals surface area contributed by atoms with Crippen molar-refractivity contribution in [1.82, 2.24) is 14.8 Å². The van der Waals surface area contributed by atoms with Gasteiger partial charge in [0.05, 0.1) is 28.8 Å². The molecule has 2 aromatic rings. The number of likely N-dealkylation sites (N-methyl/N-ethyl adjacent to an activating group) is 1. The number of benzene rings is 1. The number of carbonyl (C=O) groups is 1. The number of aromatic nitrogens is 1. The molecule has 1 fully saturated rings. The minimum Gasteiger partial charge on any atom is -0.389 e. The summed E-state index contributed by atoms with van der Waals surface area (Å²) < 4.78 is 0. The number of aliphatic hydroxyl groups excluding tert-OH is 1. The second kappa shape index (κ2) is 7.23. The highest BCUT2D eigenvalue weighted by Crippen LogP contribution is 2.37. The number of nitrogens with zero attached hydrogens (tertiary/aromatic N) is 3. The van der Waals surface area contributed by atoms with E-state index in [1.165, 1.54) is 0 Å². The van der Waals surface area contributed by atoms with Crippen LogP contribution in [-0.4, -0.2) is 59.1 Å². The number of thiazole rings is 1. The van der Waals surface area contributed by atoms with Crippen molar-refractivity contribution in [2.75, 3.05) is 27.2 Å². The number of amides is 1. The van der Waals surface area contributed by atoms with Crippen LogP contribution < -0.4 is 0 Å². The summed E-state index contributed by atoms with van der Waals surface area (Å²) in [7, 11) is 3.98. The second-order valence-electron chi connectivity index (χ2n) is 6.82. The summed E-state index contributed by atoms with van der Waals surface area (Å²) in [5.41, 5.74) is 1.44. The highest BCUT2D eigenvalue weighted by molar-refractivity contribution is 7.09. The van der Waals surface area contributed by atoms with Gasteiger partial charge in [0.1, 0.15) is 0 Å². The molecule has 6 heteroatoms. The second-order valence-corrected chi connectivity index (χ2v) is 7.89. The van der Waals surface area contributed by atoms with Crippen molar-refractivity contribution in [3.05, 3.63) is 52.0 Å². The molecule has 0 aliphatic carbocycles. The summed E-state index contributed by atoms with van der Waals surface area (Å²) in [6.07, 6.45) is 0.365. The van der Waals surface area contributed by atoms with Crippen molar-refractivity contribution in [2.45, 2.75) is 31.4 Å². The van der Waals surface area contributed by atoms with E-state index in [1.807, 2.05) is 44.6 Å². The molecule has 1 aliphatic rings. The number of aryl methyl sites for hydroxylation is 1. The Morgan fingerprint density at radius 1 is 1.40 bits per heavy atom. The van der Waals surface area contributed by atoms with Crippen LogP contribution in [0.3, 0.4) is 0 Å². The first-order valence-electron chi connectivity index (χ1n) is 8.53. The molecule has 134 valence electrons. The molecule has 1 saturated heterocycles. The summed E-state index contributed by atoms with van der Waals surface area (Å²) in [5, 5.41) is 13.9. The van der Waals surface area contributed by atoms with Crippen LogP contribution in [0.4, 0.5) is 0 Å². The van der Waals surface area contributed by atoms with Crippen molar-refractivity contribution >= 4 is 17.2 Å². The minimum absolute atomic E-state index is 0.0322. The van der Waals surface area contributed by atoms with E-state index in [4.69, 9.17) is 0 Å². The lowest BCUT2D eigenvalue weighted by Crippen LogP contribution is -2.61. The van der Waals surface area contributed by atoms with Gasteiger partial charge in [-0.05, 0) is 33.0 Å². The summed E-state index contributed by atoms with van der Waals surface area (Å²) in [6.45, 7) is 2.91. The van der Waals surface area contributed by atoms with E-state index in [2.05, 4.69) is 22.0 Å². The smallest absolute Gasteiger partial charge is 0.228 e. The Bertz CT molecular complexity index is 731. The molecule has 1 aliphatic heterocycles. The first-order chi connectivity index (χ1) is 11.9. The molecule has 2 atom stereocenters. The van der Waals surface area contributed by atoms with Crippen molar-refractivity contribution in [1.29, 1.82) is 0 Å². The Kier molecular flexibility index (Phi) is 5.22. The maximum Gasteiger partial charge on any atom is 0.228 e. The zero-order valence-electron chi connectivity index (χ0n) is 15.0. The molecule has 1 amide bonds. The number of carbonyl (C=O) groups excluding carboxylic acids is 1. The fraction of sp³-hybridized carbons (Fsp3) is 0.474. The number of rotatable bonds is 4. The topological polar surface area (TPSA) is 56.7 Å². The summed E-state index contributed by atoms with van der Waals surface area (Å²) in [6, 6.07) is 10.1. The lowest BCUT2D eigenvalue weighted by Gasteiger charge is -2.49. The summed E-state index contributed by atoms with van der Waals surface area (Å²) in [4.78, 5) is 20.8. The Labute approximate surface area is 152 Å². The van der Waals surface area contributed by atoms with Gasteiger partial charge in [-0.2, -0.15) is 0 Å². The molecular formula is C19H25N3O2S. The number of piperidine rings is 1. The van der Waals surface area contributed by atoms with Gasteiger partial charge in [0.2, 0.25) is 5.91 Å². The Morgan fingerprint density at radius 2 is 2.12 bits per heavy atom. The van der Waals surface area contributed by atoms with Crippen LogP contribution in [0.5, 0.6) is 0 Å². The van der Waals surface area contributed by atoms with Crippen LogP contribution >= 0.6 is 11.3 Å². The first kappa shape index (κ1) is 18.0. The molecule has 0 unspecified atom stereocenters. The third kappa shape index (κ3) is 3.47. The predicted molar refractivity (Wildman–Crippen MR) is 99.6 cm³/mol. The third-order valence-electron chi connectivity index (χ3n) is 5.13. The average Bonchev–Trinajstić information content (AvgIpc) is 3.00. The molecule has 0 bridgehead atoms. The largest absolute Gasteiger partial charge is 0.389 e. The predicted octanol–water partition coefficient (Wildman–Crippen LogP) is 2.04. The van der Waals surface area contributed by atoms with Gasteiger partial charge in [-0.25, -0.2) is 4.98 Å². The standard InChI is InChI=1S/C19H25N3O2S/c1-14-20-16(13-25-14)11-18(24)22-10-9-19(21(2)3,17(23)12-22)15-7-5-4-6-8-15/h4-8,13,17,23H,9-12H2,1-3H3/t17-,19+/m1/s1. The van der Waals surface area contributed by atoms with Gasteiger partial charge in [-0.1, -0.05) is 30.3 Å². The van der Waals surface area contributed by atoms with Gasteiger partial charge >= 0.3 is 0 Å². The first-order valence-corrected chi connectivity index (χ1v) is 9.41. The molecule has 2 heterocycles. The number of likely N-dealkylation sites (tertiary alicyclic amines) is 1.